The quantitative estimate of drug-likeness (QED) is 0.115. The molecule has 3 unspecified atom stereocenters. The number of carbonyl (C=O) groups excluding carboxylic acids is 2. The lowest BCUT2D eigenvalue weighted by Gasteiger charge is -2.54. The fraction of sp³-hybridized carbons (Fsp3) is 0.333. The highest BCUT2D eigenvalue weighted by Gasteiger charge is 2.68. The number of ketones is 1. The first-order chi connectivity index (χ1) is 19.0. The van der Waals surface area contributed by atoms with Crippen LogP contribution in [-0.2, 0) is 27.5 Å². The second-order valence-electron chi connectivity index (χ2n) is 10.2. The summed E-state index contributed by atoms with van der Waals surface area (Å²) in [7, 11) is 0. The van der Waals surface area contributed by atoms with Crippen LogP contribution < -0.4 is 5.32 Å². The van der Waals surface area contributed by atoms with E-state index in [4.69, 9.17) is 0 Å². The van der Waals surface area contributed by atoms with Crippen LogP contribution in [0.5, 0.6) is 0 Å². The third-order valence-corrected chi connectivity index (χ3v) is 10.8. The summed E-state index contributed by atoms with van der Waals surface area (Å²) in [6.07, 6.45) is -0.385. The number of hydrogen-bond donors (Lipinski definition) is 3. The summed E-state index contributed by atoms with van der Waals surface area (Å²) < 4.78 is -0.0362. The third kappa shape index (κ3) is 6.25. The van der Waals surface area contributed by atoms with Gasteiger partial charge in [-0.25, -0.2) is 0 Å². The molecule has 1 aliphatic heterocycles. The van der Waals surface area contributed by atoms with E-state index in [-0.39, 0.29) is 22.6 Å². The zero-order valence-corrected chi connectivity index (χ0v) is 23.9. The van der Waals surface area contributed by atoms with E-state index in [1.807, 2.05) is 43.3 Å². The van der Waals surface area contributed by atoms with Crippen LogP contribution in [0.2, 0.25) is 0 Å². The summed E-state index contributed by atoms with van der Waals surface area (Å²) in [5, 5.41) is 36.1. The van der Waals surface area contributed by atoms with E-state index >= 15 is 0 Å². The number of nitrogens with zero attached hydrogens (tertiary/aromatic N) is 1. The Hall–Kier alpha value is -3.18. The van der Waals surface area contributed by atoms with E-state index in [0.717, 1.165) is 22.6 Å². The van der Waals surface area contributed by atoms with Crippen LogP contribution in [0.25, 0.3) is 0 Å². The van der Waals surface area contributed by atoms with Crippen LogP contribution in [0.4, 0.5) is 5.69 Å². The van der Waals surface area contributed by atoms with Crippen molar-refractivity contribution in [2.45, 2.75) is 48.2 Å². The SMILES string of the molecule is CC(C(SCc1ccccc1)SCc1ccccc1)C1NC(=O)C1(C)C(O)(O)C(=O)Cc1ccc([N+](=O)[O-])cc1. The first kappa shape index (κ1) is 29.8. The second-order valence-corrected chi connectivity index (χ2v) is 12.7. The Kier molecular flexibility index (Phi) is 9.35. The van der Waals surface area contributed by atoms with Crippen molar-refractivity contribution in [3.05, 3.63) is 112 Å². The summed E-state index contributed by atoms with van der Waals surface area (Å²) in [6.45, 7) is 3.38. The first-order valence-corrected chi connectivity index (χ1v) is 15.0. The van der Waals surface area contributed by atoms with Gasteiger partial charge in [0.05, 0.1) is 15.5 Å². The van der Waals surface area contributed by atoms with Crippen LogP contribution >= 0.6 is 23.5 Å². The normalized spacial score (nSPS) is 19.5. The Balaban J connectivity index is 1.52. The first-order valence-electron chi connectivity index (χ1n) is 12.9. The van der Waals surface area contributed by atoms with Gasteiger partial charge in [0.1, 0.15) is 5.41 Å². The molecule has 3 aromatic rings. The fourth-order valence-electron chi connectivity index (χ4n) is 4.88. The molecule has 210 valence electrons. The maximum Gasteiger partial charge on any atom is 0.269 e. The van der Waals surface area contributed by atoms with Gasteiger partial charge < -0.3 is 15.5 Å². The van der Waals surface area contributed by atoms with Gasteiger partial charge in [-0.15, -0.1) is 23.5 Å². The Labute approximate surface area is 241 Å². The maximum absolute atomic E-state index is 13.2. The fourth-order valence-corrected chi connectivity index (χ4v) is 7.69. The standard InChI is InChI=1S/C30H32N2O6S2/c1-20(27(39-18-22-9-5-3-6-10-22)40-19-23-11-7-4-8-12-23)26-29(2,28(34)31-26)30(35,36)25(33)17-21-13-15-24(16-14-21)32(37)38/h3-16,20,26-27,35-36H,17-19H2,1-2H3,(H,31,34). The number of aliphatic hydroxyl groups is 2. The molecule has 10 heteroatoms. The van der Waals surface area contributed by atoms with E-state index in [9.17, 15) is 29.9 Å². The zero-order chi connectivity index (χ0) is 28.9. The minimum Gasteiger partial charge on any atom is -0.359 e. The molecule has 3 atom stereocenters. The van der Waals surface area contributed by atoms with Crippen molar-refractivity contribution >= 4 is 40.9 Å². The average Bonchev–Trinajstić information content (AvgIpc) is 2.96. The van der Waals surface area contributed by atoms with E-state index in [2.05, 4.69) is 29.6 Å². The highest BCUT2D eigenvalue weighted by atomic mass is 32.2. The number of nitro benzene ring substituents is 1. The summed E-state index contributed by atoms with van der Waals surface area (Å²) in [5.74, 6) is -3.24. The van der Waals surface area contributed by atoms with Gasteiger partial charge in [0.15, 0.2) is 5.78 Å². The molecule has 0 radical (unpaired) electrons. The van der Waals surface area contributed by atoms with Crippen LogP contribution in [0, 0.1) is 21.4 Å². The van der Waals surface area contributed by atoms with Crippen molar-refractivity contribution in [3.63, 3.8) is 0 Å². The number of benzene rings is 3. The van der Waals surface area contributed by atoms with Crippen LogP contribution in [0.3, 0.4) is 0 Å². The molecule has 0 saturated carbocycles. The van der Waals surface area contributed by atoms with Gasteiger partial charge in [0.2, 0.25) is 11.7 Å². The number of rotatable bonds is 13. The molecule has 0 aliphatic carbocycles. The molecule has 40 heavy (non-hydrogen) atoms. The molecule has 3 N–H and O–H groups in total. The Bertz CT molecular complexity index is 1290. The van der Waals surface area contributed by atoms with E-state index in [0.29, 0.717) is 5.56 Å². The maximum atomic E-state index is 13.2. The van der Waals surface area contributed by atoms with Crippen molar-refractivity contribution in [2.24, 2.45) is 11.3 Å². The van der Waals surface area contributed by atoms with E-state index in [1.165, 1.54) is 31.2 Å². The molecule has 3 aromatic carbocycles. The number of carbonyl (C=O) groups is 2. The Morgan fingerprint density at radius 2 is 1.45 bits per heavy atom. The van der Waals surface area contributed by atoms with E-state index in [1.54, 1.807) is 23.5 Å². The van der Waals surface area contributed by atoms with Gasteiger partial charge >= 0.3 is 0 Å². The third-order valence-electron chi connectivity index (χ3n) is 7.47. The molecule has 1 heterocycles. The lowest BCUT2D eigenvalue weighted by atomic mass is 9.62. The number of β-lactam (4-membered cyclic amide) rings is 1. The summed E-state index contributed by atoms with van der Waals surface area (Å²) in [5.41, 5.74) is 0.778. The second kappa shape index (κ2) is 12.6. The van der Waals surface area contributed by atoms with Crippen molar-refractivity contribution < 1.29 is 24.7 Å². The molecule has 4 rings (SSSR count). The topological polar surface area (TPSA) is 130 Å². The molecular weight excluding hydrogens is 548 g/mol. The number of non-ortho nitro benzene ring substituents is 1. The number of nitro groups is 1. The average molecular weight is 581 g/mol. The molecular formula is C30H32N2O6S2. The van der Waals surface area contributed by atoms with Crippen LogP contribution in [-0.4, -0.2) is 43.2 Å². The van der Waals surface area contributed by atoms with Gasteiger partial charge in [-0.2, -0.15) is 0 Å². The van der Waals surface area contributed by atoms with Crippen molar-refractivity contribution in [3.8, 4) is 0 Å². The molecule has 1 saturated heterocycles. The van der Waals surface area contributed by atoms with Gasteiger partial charge in [-0.05, 0) is 29.5 Å². The minimum atomic E-state index is -2.94. The van der Waals surface area contributed by atoms with Crippen LogP contribution in [0.1, 0.15) is 30.5 Å². The monoisotopic (exact) mass is 580 g/mol. The molecule has 0 bridgehead atoms. The lowest BCUT2D eigenvalue weighted by molar-refractivity contribution is -0.384. The van der Waals surface area contributed by atoms with Gasteiger partial charge in [-0.1, -0.05) is 79.7 Å². The smallest absolute Gasteiger partial charge is 0.269 e. The molecule has 1 amide bonds. The van der Waals surface area contributed by atoms with Gasteiger partial charge in [0, 0.05) is 30.1 Å². The van der Waals surface area contributed by atoms with Crippen LogP contribution in [0.15, 0.2) is 84.9 Å². The van der Waals surface area contributed by atoms with E-state index < -0.39 is 33.9 Å². The number of Topliss-reactive ketones (excluding diaryl/α,β-unsaturated/α-hetero) is 1. The van der Waals surface area contributed by atoms with Gasteiger partial charge in [-0.3, -0.25) is 19.7 Å². The zero-order valence-electron chi connectivity index (χ0n) is 22.2. The molecule has 1 fully saturated rings. The Morgan fingerprint density at radius 1 is 0.950 bits per heavy atom. The summed E-state index contributed by atoms with van der Waals surface area (Å²) in [6, 6.07) is 24.7. The highest BCUT2D eigenvalue weighted by Crippen LogP contribution is 2.48. The van der Waals surface area contributed by atoms with Crippen molar-refractivity contribution in [1.82, 2.24) is 5.32 Å². The summed E-state index contributed by atoms with van der Waals surface area (Å²) >= 11 is 3.43. The Morgan fingerprint density at radius 3 is 1.90 bits per heavy atom. The molecule has 1 aliphatic rings. The molecule has 8 nitrogen and oxygen atoms in total. The van der Waals surface area contributed by atoms with Crippen molar-refractivity contribution in [1.29, 1.82) is 0 Å². The predicted octanol–water partition coefficient (Wildman–Crippen LogP) is 4.72. The van der Waals surface area contributed by atoms with Crippen molar-refractivity contribution in [2.75, 3.05) is 0 Å². The number of amides is 1. The highest BCUT2D eigenvalue weighted by molar-refractivity contribution is 8.16. The number of nitrogens with one attached hydrogen (secondary N) is 1. The largest absolute Gasteiger partial charge is 0.359 e. The number of hydrogen-bond acceptors (Lipinski definition) is 8. The lowest BCUT2D eigenvalue weighted by Crippen LogP contribution is -2.78. The molecule has 0 aromatic heterocycles. The molecule has 0 spiro atoms. The summed E-state index contributed by atoms with van der Waals surface area (Å²) in [4.78, 5) is 36.4. The minimum absolute atomic E-state index is 0.0362. The van der Waals surface area contributed by atoms with Gasteiger partial charge in [0.25, 0.3) is 5.69 Å². The predicted molar refractivity (Wildman–Crippen MR) is 157 cm³/mol. The number of thioether (sulfide) groups is 2.